The molecule has 0 spiro atoms. The van der Waals surface area contributed by atoms with Crippen LogP contribution in [0.2, 0.25) is 0 Å². The van der Waals surface area contributed by atoms with Gasteiger partial charge in [-0.15, -0.1) is 0 Å². The molecule has 0 radical (unpaired) electrons. The molecular formula is C18H20N4O3. The standard InChI is InChI=1S/C18H20N4O3/c19-17(14-6-2-1-3-7-14)18(23)21-12-10-20(11-13-21)15-8-4-5-9-16(15)22(24)25/h1-9,17H,10-13,19H2. The van der Waals surface area contributed by atoms with Gasteiger partial charge in [0.1, 0.15) is 11.7 Å². The summed E-state index contributed by atoms with van der Waals surface area (Å²) in [7, 11) is 0. The zero-order valence-electron chi connectivity index (χ0n) is 13.7. The first kappa shape index (κ1) is 16.9. The summed E-state index contributed by atoms with van der Waals surface area (Å²) in [6.07, 6.45) is 0. The summed E-state index contributed by atoms with van der Waals surface area (Å²) in [6, 6.07) is 15.3. The zero-order valence-corrected chi connectivity index (χ0v) is 13.7. The summed E-state index contributed by atoms with van der Waals surface area (Å²) in [4.78, 5) is 27.1. The molecular weight excluding hydrogens is 320 g/mol. The minimum absolute atomic E-state index is 0.0864. The van der Waals surface area contributed by atoms with Crippen molar-refractivity contribution in [1.82, 2.24) is 4.90 Å². The number of para-hydroxylation sites is 2. The van der Waals surface area contributed by atoms with Gasteiger partial charge < -0.3 is 15.5 Å². The lowest BCUT2D eigenvalue weighted by Gasteiger charge is -2.36. The van der Waals surface area contributed by atoms with Gasteiger partial charge in [0.2, 0.25) is 5.91 Å². The van der Waals surface area contributed by atoms with Crippen molar-refractivity contribution in [1.29, 1.82) is 0 Å². The zero-order chi connectivity index (χ0) is 17.8. The number of nitro groups is 1. The molecule has 1 amide bonds. The molecule has 0 bridgehead atoms. The van der Waals surface area contributed by atoms with E-state index in [1.807, 2.05) is 35.2 Å². The first-order valence-corrected chi connectivity index (χ1v) is 8.15. The fraction of sp³-hybridized carbons (Fsp3) is 0.278. The lowest BCUT2D eigenvalue weighted by molar-refractivity contribution is -0.384. The van der Waals surface area contributed by atoms with Gasteiger partial charge in [-0.3, -0.25) is 14.9 Å². The Balaban J connectivity index is 1.66. The van der Waals surface area contributed by atoms with Crippen LogP contribution in [0.5, 0.6) is 0 Å². The summed E-state index contributed by atoms with van der Waals surface area (Å²) < 4.78 is 0. The molecule has 1 aliphatic heterocycles. The maximum atomic E-state index is 12.6. The molecule has 7 nitrogen and oxygen atoms in total. The van der Waals surface area contributed by atoms with Crippen molar-refractivity contribution in [3.8, 4) is 0 Å². The number of nitro benzene ring substituents is 1. The number of piperazine rings is 1. The number of carbonyl (C=O) groups excluding carboxylic acids is 1. The van der Waals surface area contributed by atoms with Crippen molar-refractivity contribution >= 4 is 17.3 Å². The van der Waals surface area contributed by atoms with Crippen molar-refractivity contribution < 1.29 is 9.72 Å². The van der Waals surface area contributed by atoms with Gasteiger partial charge in [0.25, 0.3) is 5.69 Å². The van der Waals surface area contributed by atoms with Gasteiger partial charge in [0.15, 0.2) is 0 Å². The molecule has 0 aliphatic carbocycles. The molecule has 1 atom stereocenters. The molecule has 1 heterocycles. The van der Waals surface area contributed by atoms with Crippen LogP contribution < -0.4 is 10.6 Å². The van der Waals surface area contributed by atoms with Gasteiger partial charge in [0, 0.05) is 32.2 Å². The van der Waals surface area contributed by atoms with Gasteiger partial charge in [-0.2, -0.15) is 0 Å². The van der Waals surface area contributed by atoms with Crippen LogP contribution in [0, 0.1) is 10.1 Å². The second-order valence-electron chi connectivity index (χ2n) is 5.95. The maximum absolute atomic E-state index is 12.6. The molecule has 25 heavy (non-hydrogen) atoms. The fourth-order valence-corrected chi connectivity index (χ4v) is 3.05. The Labute approximate surface area is 145 Å². The number of hydrogen-bond donors (Lipinski definition) is 1. The van der Waals surface area contributed by atoms with Crippen LogP contribution in [0.4, 0.5) is 11.4 Å². The second-order valence-corrected chi connectivity index (χ2v) is 5.95. The third-order valence-corrected chi connectivity index (χ3v) is 4.44. The third kappa shape index (κ3) is 3.61. The molecule has 1 fully saturated rings. The minimum atomic E-state index is -0.682. The van der Waals surface area contributed by atoms with E-state index in [0.717, 1.165) is 5.56 Å². The molecule has 1 unspecified atom stereocenters. The highest BCUT2D eigenvalue weighted by Gasteiger charge is 2.28. The average molecular weight is 340 g/mol. The summed E-state index contributed by atoms with van der Waals surface area (Å²) in [5.74, 6) is -0.117. The van der Waals surface area contributed by atoms with E-state index in [2.05, 4.69) is 0 Å². The fourth-order valence-electron chi connectivity index (χ4n) is 3.05. The van der Waals surface area contributed by atoms with Crippen LogP contribution in [0.1, 0.15) is 11.6 Å². The quantitative estimate of drug-likeness (QED) is 0.678. The highest BCUT2D eigenvalue weighted by molar-refractivity contribution is 5.83. The van der Waals surface area contributed by atoms with Gasteiger partial charge >= 0.3 is 0 Å². The van der Waals surface area contributed by atoms with Crippen LogP contribution in [-0.4, -0.2) is 41.9 Å². The summed E-state index contributed by atoms with van der Waals surface area (Å²) in [6.45, 7) is 2.06. The molecule has 2 N–H and O–H groups in total. The SMILES string of the molecule is NC(C(=O)N1CCN(c2ccccc2[N+](=O)[O-])CC1)c1ccccc1. The number of rotatable bonds is 4. The summed E-state index contributed by atoms with van der Waals surface area (Å²) >= 11 is 0. The van der Waals surface area contributed by atoms with E-state index in [-0.39, 0.29) is 16.5 Å². The smallest absolute Gasteiger partial charge is 0.292 e. The van der Waals surface area contributed by atoms with Crippen molar-refractivity contribution in [2.75, 3.05) is 31.1 Å². The van der Waals surface area contributed by atoms with E-state index in [1.54, 1.807) is 23.1 Å². The Morgan fingerprint density at radius 3 is 2.24 bits per heavy atom. The van der Waals surface area contributed by atoms with Crippen molar-refractivity contribution in [2.24, 2.45) is 5.73 Å². The number of amides is 1. The largest absolute Gasteiger partial charge is 0.362 e. The van der Waals surface area contributed by atoms with Crippen LogP contribution in [0.3, 0.4) is 0 Å². The Kier molecular flexibility index (Phi) is 4.95. The molecule has 0 saturated carbocycles. The van der Waals surface area contributed by atoms with Gasteiger partial charge in [0.05, 0.1) is 4.92 Å². The number of benzene rings is 2. The van der Waals surface area contributed by atoms with Crippen molar-refractivity contribution in [2.45, 2.75) is 6.04 Å². The van der Waals surface area contributed by atoms with Gasteiger partial charge in [-0.05, 0) is 11.6 Å². The van der Waals surface area contributed by atoms with E-state index in [0.29, 0.717) is 31.9 Å². The van der Waals surface area contributed by atoms with Crippen LogP contribution in [0.15, 0.2) is 54.6 Å². The average Bonchev–Trinajstić information content (AvgIpc) is 2.67. The van der Waals surface area contributed by atoms with Crippen LogP contribution in [-0.2, 0) is 4.79 Å². The molecule has 2 aromatic carbocycles. The molecule has 130 valence electrons. The highest BCUT2D eigenvalue weighted by atomic mass is 16.6. The number of carbonyl (C=O) groups is 1. The van der Waals surface area contributed by atoms with E-state index in [4.69, 9.17) is 5.73 Å². The minimum Gasteiger partial charge on any atom is -0.362 e. The normalized spacial score (nSPS) is 15.7. The Morgan fingerprint density at radius 1 is 1.00 bits per heavy atom. The predicted octanol–water partition coefficient (Wildman–Crippen LogP) is 1.94. The Bertz CT molecular complexity index is 758. The highest BCUT2D eigenvalue weighted by Crippen LogP contribution is 2.28. The summed E-state index contributed by atoms with van der Waals surface area (Å²) in [5, 5.41) is 11.2. The first-order valence-electron chi connectivity index (χ1n) is 8.15. The monoisotopic (exact) mass is 340 g/mol. The molecule has 1 aliphatic rings. The molecule has 0 aromatic heterocycles. The van der Waals surface area contributed by atoms with E-state index < -0.39 is 6.04 Å². The first-order chi connectivity index (χ1) is 12.1. The van der Waals surface area contributed by atoms with E-state index >= 15 is 0 Å². The molecule has 3 rings (SSSR count). The Hall–Kier alpha value is -2.93. The lowest BCUT2D eigenvalue weighted by atomic mass is 10.1. The third-order valence-electron chi connectivity index (χ3n) is 4.44. The molecule has 1 saturated heterocycles. The summed E-state index contributed by atoms with van der Waals surface area (Å²) in [5.41, 5.74) is 7.55. The van der Waals surface area contributed by atoms with Gasteiger partial charge in [-0.1, -0.05) is 42.5 Å². The Morgan fingerprint density at radius 2 is 1.60 bits per heavy atom. The van der Waals surface area contributed by atoms with Crippen molar-refractivity contribution in [3.63, 3.8) is 0 Å². The van der Waals surface area contributed by atoms with Gasteiger partial charge in [-0.25, -0.2) is 0 Å². The molecule has 7 heteroatoms. The number of hydrogen-bond acceptors (Lipinski definition) is 5. The second kappa shape index (κ2) is 7.31. The topological polar surface area (TPSA) is 92.7 Å². The number of nitrogens with zero attached hydrogens (tertiary/aromatic N) is 3. The van der Waals surface area contributed by atoms with Crippen LogP contribution in [0.25, 0.3) is 0 Å². The lowest BCUT2D eigenvalue weighted by Crippen LogP contribution is -2.51. The number of nitrogens with two attached hydrogens (primary N) is 1. The van der Waals surface area contributed by atoms with Crippen LogP contribution >= 0.6 is 0 Å². The van der Waals surface area contributed by atoms with Crippen molar-refractivity contribution in [3.05, 3.63) is 70.3 Å². The predicted molar refractivity (Wildman–Crippen MR) is 95.3 cm³/mol. The number of anilines is 1. The van der Waals surface area contributed by atoms with E-state index in [1.165, 1.54) is 6.07 Å². The van der Waals surface area contributed by atoms with E-state index in [9.17, 15) is 14.9 Å². The maximum Gasteiger partial charge on any atom is 0.292 e. The molecule has 2 aromatic rings.